The van der Waals surface area contributed by atoms with Crippen molar-refractivity contribution in [1.29, 1.82) is 0 Å². The fourth-order valence-electron chi connectivity index (χ4n) is 2.28. The second-order valence-electron chi connectivity index (χ2n) is 4.51. The second kappa shape index (κ2) is 6.05. The summed E-state index contributed by atoms with van der Waals surface area (Å²) in [5.74, 6) is 0.901. The fraction of sp³-hybridized carbons (Fsp3) is 0.917. The van der Waals surface area contributed by atoms with Crippen LogP contribution < -0.4 is 0 Å². The Labute approximate surface area is 87.0 Å². The maximum Gasteiger partial charge on any atom is 0.308 e. The molecule has 0 aromatic rings. The van der Waals surface area contributed by atoms with Gasteiger partial charge in [-0.1, -0.05) is 39.0 Å². The Morgan fingerprint density at radius 2 is 2.00 bits per heavy atom. The molecule has 0 aliphatic heterocycles. The summed E-state index contributed by atoms with van der Waals surface area (Å²) in [5, 5.41) is 0. The molecule has 14 heavy (non-hydrogen) atoms. The van der Waals surface area contributed by atoms with Crippen molar-refractivity contribution in [2.75, 3.05) is 7.11 Å². The van der Waals surface area contributed by atoms with Gasteiger partial charge in [-0.25, -0.2) is 0 Å². The van der Waals surface area contributed by atoms with E-state index in [4.69, 9.17) is 4.74 Å². The number of carbonyl (C=O) groups excluding carboxylic acids is 1. The van der Waals surface area contributed by atoms with Gasteiger partial charge in [0.1, 0.15) is 0 Å². The maximum absolute atomic E-state index is 11.2. The number of hydrogen-bond acceptors (Lipinski definition) is 2. The van der Waals surface area contributed by atoms with Crippen molar-refractivity contribution in [2.45, 2.75) is 51.9 Å². The minimum Gasteiger partial charge on any atom is -0.469 e. The molecule has 0 aromatic carbocycles. The molecule has 2 heteroatoms. The van der Waals surface area contributed by atoms with Gasteiger partial charge < -0.3 is 4.74 Å². The molecule has 1 atom stereocenters. The van der Waals surface area contributed by atoms with Crippen molar-refractivity contribution in [3.05, 3.63) is 0 Å². The Kier molecular flexibility index (Phi) is 4.99. The molecule has 2 nitrogen and oxygen atoms in total. The molecule has 82 valence electrons. The van der Waals surface area contributed by atoms with Crippen molar-refractivity contribution in [2.24, 2.45) is 11.8 Å². The van der Waals surface area contributed by atoms with E-state index in [9.17, 15) is 4.79 Å². The number of ether oxygens (including phenoxy) is 1. The Morgan fingerprint density at radius 3 is 2.57 bits per heavy atom. The zero-order valence-corrected chi connectivity index (χ0v) is 9.42. The predicted molar refractivity (Wildman–Crippen MR) is 57.0 cm³/mol. The first-order valence-electron chi connectivity index (χ1n) is 5.82. The lowest BCUT2D eigenvalue weighted by atomic mass is 9.84. The van der Waals surface area contributed by atoms with Gasteiger partial charge in [0.2, 0.25) is 0 Å². The van der Waals surface area contributed by atoms with Crippen LogP contribution in [0, 0.1) is 11.8 Å². The molecular formula is C12H22O2. The molecular weight excluding hydrogens is 176 g/mol. The van der Waals surface area contributed by atoms with Crippen molar-refractivity contribution in [1.82, 2.24) is 0 Å². The molecule has 0 saturated heterocycles. The Bertz CT molecular complexity index is 171. The van der Waals surface area contributed by atoms with Crippen LogP contribution >= 0.6 is 0 Å². The summed E-state index contributed by atoms with van der Waals surface area (Å²) in [7, 11) is 1.47. The number of hydrogen-bond donors (Lipinski definition) is 0. The van der Waals surface area contributed by atoms with Crippen LogP contribution in [0.25, 0.3) is 0 Å². The van der Waals surface area contributed by atoms with Gasteiger partial charge in [-0.2, -0.15) is 0 Å². The maximum atomic E-state index is 11.2. The normalized spacial score (nSPS) is 20.4. The Hall–Kier alpha value is -0.530. The van der Waals surface area contributed by atoms with E-state index in [0.717, 1.165) is 12.3 Å². The van der Waals surface area contributed by atoms with Gasteiger partial charge in [0.25, 0.3) is 0 Å². The van der Waals surface area contributed by atoms with Crippen molar-refractivity contribution >= 4 is 5.97 Å². The lowest BCUT2D eigenvalue weighted by Crippen LogP contribution is -2.15. The SMILES string of the molecule is COC(=O)C(C)CCC1CCCCC1. The lowest BCUT2D eigenvalue weighted by molar-refractivity contribution is -0.145. The highest BCUT2D eigenvalue weighted by atomic mass is 16.5. The van der Waals surface area contributed by atoms with E-state index in [1.54, 1.807) is 0 Å². The quantitative estimate of drug-likeness (QED) is 0.649. The van der Waals surface area contributed by atoms with Crippen molar-refractivity contribution in [3.8, 4) is 0 Å². The van der Waals surface area contributed by atoms with E-state index in [2.05, 4.69) is 0 Å². The van der Waals surface area contributed by atoms with Crippen LogP contribution in [0.2, 0.25) is 0 Å². The van der Waals surface area contributed by atoms with Crippen LogP contribution in [0.4, 0.5) is 0 Å². The minimum absolute atomic E-state index is 0.0548. The molecule has 0 heterocycles. The first-order chi connectivity index (χ1) is 6.74. The van der Waals surface area contributed by atoms with Crippen LogP contribution in [0.15, 0.2) is 0 Å². The molecule has 0 radical (unpaired) electrons. The third-order valence-electron chi connectivity index (χ3n) is 3.34. The van der Waals surface area contributed by atoms with Crippen LogP contribution in [0.5, 0.6) is 0 Å². The molecule has 1 fully saturated rings. The van der Waals surface area contributed by atoms with E-state index in [-0.39, 0.29) is 11.9 Å². The molecule has 1 aliphatic carbocycles. The van der Waals surface area contributed by atoms with Crippen molar-refractivity contribution in [3.63, 3.8) is 0 Å². The van der Waals surface area contributed by atoms with Gasteiger partial charge in [0, 0.05) is 0 Å². The van der Waals surface area contributed by atoms with E-state index in [0.29, 0.717) is 0 Å². The van der Waals surface area contributed by atoms with Crippen LogP contribution in [-0.2, 0) is 9.53 Å². The van der Waals surface area contributed by atoms with E-state index in [1.807, 2.05) is 6.92 Å². The van der Waals surface area contributed by atoms with Crippen molar-refractivity contribution < 1.29 is 9.53 Å². The molecule has 1 unspecified atom stereocenters. The van der Waals surface area contributed by atoms with Crippen LogP contribution in [0.3, 0.4) is 0 Å². The summed E-state index contributed by atoms with van der Waals surface area (Å²) < 4.78 is 4.71. The Morgan fingerprint density at radius 1 is 1.36 bits per heavy atom. The fourth-order valence-corrected chi connectivity index (χ4v) is 2.28. The summed E-state index contributed by atoms with van der Waals surface area (Å²) >= 11 is 0. The van der Waals surface area contributed by atoms with E-state index in [1.165, 1.54) is 45.6 Å². The first-order valence-corrected chi connectivity index (χ1v) is 5.82. The predicted octanol–water partition coefficient (Wildman–Crippen LogP) is 3.16. The van der Waals surface area contributed by atoms with E-state index >= 15 is 0 Å². The summed E-state index contributed by atoms with van der Waals surface area (Å²) in [6, 6.07) is 0. The van der Waals surface area contributed by atoms with Gasteiger partial charge >= 0.3 is 5.97 Å². The summed E-state index contributed by atoms with van der Waals surface area (Å²) in [4.78, 5) is 11.2. The molecule has 0 bridgehead atoms. The highest BCUT2D eigenvalue weighted by Gasteiger charge is 2.17. The summed E-state index contributed by atoms with van der Waals surface area (Å²) in [6.07, 6.45) is 9.12. The average molecular weight is 198 g/mol. The van der Waals surface area contributed by atoms with Gasteiger partial charge in [-0.3, -0.25) is 4.79 Å². The standard InChI is InChI=1S/C12H22O2/c1-10(12(13)14-2)8-9-11-6-4-3-5-7-11/h10-11H,3-9H2,1-2H3. The zero-order chi connectivity index (χ0) is 10.4. The molecule has 0 N–H and O–H groups in total. The smallest absolute Gasteiger partial charge is 0.308 e. The number of rotatable bonds is 4. The average Bonchev–Trinajstić information content (AvgIpc) is 2.26. The van der Waals surface area contributed by atoms with Gasteiger partial charge in [0.05, 0.1) is 13.0 Å². The molecule has 1 rings (SSSR count). The third kappa shape index (κ3) is 3.69. The zero-order valence-electron chi connectivity index (χ0n) is 9.42. The van der Waals surface area contributed by atoms with Crippen LogP contribution in [-0.4, -0.2) is 13.1 Å². The largest absolute Gasteiger partial charge is 0.469 e. The highest BCUT2D eigenvalue weighted by molar-refractivity contribution is 5.71. The molecule has 0 amide bonds. The third-order valence-corrected chi connectivity index (χ3v) is 3.34. The molecule has 0 spiro atoms. The van der Waals surface area contributed by atoms with Gasteiger partial charge in [-0.05, 0) is 18.8 Å². The van der Waals surface area contributed by atoms with Crippen LogP contribution in [0.1, 0.15) is 51.9 Å². The first kappa shape index (κ1) is 11.5. The summed E-state index contributed by atoms with van der Waals surface area (Å²) in [5.41, 5.74) is 0. The molecule has 1 aliphatic rings. The number of methoxy groups -OCH3 is 1. The number of esters is 1. The van der Waals surface area contributed by atoms with Gasteiger partial charge in [-0.15, -0.1) is 0 Å². The topological polar surface area (TPSA) is 26.3 Å². The van der Waals surface area contributed by atoms with E-state index < -0.39 is 0 Å². The Balaban J connectivity index is 2.15. The number of carbonyl (C=O) groups is 1. The molecule has 0 aromatic heterocycles. The second-order valence-corrected chi connectivity index (χ2v) is 4.51. The highest BCUT2D eigenvalue weighted by Crippen LogP contribution is 2.28. The molecule has 1 saturated carbocycles. The minimum atomic E-state index is -0.0548. The summed E-state index contributed by atoms with van der Waals surface area (Å²) in [6.45, 7) is 1.97. The lowest BCUT2D eigenvalue weighted by Gasteiger charge is -2.22. The monoisotopic (exact) mass is 198 g/mol. The van der Waals surface area contributed by atoms with Gasteiger partial charge in [0.15, 0.2) is 0 Å².